The van der Waals surface area contributed by atoms with Gasteiger partial charge in [-0.15, -0.1) is 0 Å². The van der Waals surface area contributed by atoms with Crippen LogP contribution in [0.25, 0.3) is 0 Å². The molecule has 3 nitrogen and oxygen atoms in total. The number of hydrogen-bond acceptors (Lipinski definition) is 2. The zero-order valence-electron chi connectivity index (χ0n) is 13.5. The molecule has 122 valence electrons. The van der Waals surface area contributed by atoms with Gasteiger partial charge in [0.2, 0.25) is 0 Å². The van der Waals surface area contributed by atoms with E-state index >= 15 is 0 Å². The minimum atomic E-state index is -0.805. The summed E-state index contributed by atoms with van der Waals surface area (Å²) in [6.45, 7) is 2.24. The highest BCUT2D eigenvalue weighted by Gasteiger charge is 2.01. The fourth-order valence-electron chi connectivity index (χ4n) is 2.15. The summed E-state index contributed by atoms with van der Waals surface area (Å²) in [5.41, 5.74) is 0. The SMILES string of the molecule is CCCCCCCCC/C=C\C=C\[C@@H](O)CCCC(=O)O. The van der Waals surface area contributed by atoms with E-state index in [9.17, 15) is 9.90 Å². The lowest BCUT2D eigenvalue weighted by Gasteiger charge is -2.02. The molecule has 0 spiro atoms. The first-order valence-corrected chi connectivity index (χ1v) is 8.40. The van der Waals surface area contributed by atoms with Gasteiger partial charge >= 0.3 is 5.97 Å². The molecule has 0 aliphatic carbocycles. The average molecular weight is 296 g/mol. The highest BCUT2D eigenvalue weighted by Crippen LogP contribution is 2.08. The van der Waals surface area contributed by atoms with Gasteiger partial charge in [0.1, 0.15) is 0 Å². The summed E-state index contributed by atoms with van der Waals surface area (Å²) in [5.74, 6) is -0.805. The van der Waals surface area contributed by atoms with E-state index in [4.69, 9.17) is 5.11 Å². The normalized spacial score (nSPS) is 13.2. The van der Waals surface area contributed by atoms with Gasteiger partial charge in [-0.25, -0.2) is 0 Å². The van der Waals surface area contributed by atoms with Crippen molar-refractivity contribution in [1.29, 1.82) is 0 Å². The number of aliphatic hydroxyl groups excluding tert-OH is 1. The lowest BCUT2D eigenvalue weighted by atomic mass is 10.1. The Hall–Kier alpha value is -1.09. The summed E-state index contributed by atoms with van der Waals surface area (Å²) >= 11 is 0. The van der Waals surface area contributed by atoms with Crippen molar-refractivity contribution in [2.75, 3.05) is 0 Å². The van der Waals surface area contributed by atoms with Crippen LogP contribution in [0.15, 0.2) is 24.3 Å². The van der Waals surface area contributed by atoms with Crippen LogP contribution in [-0.2, 0) is 4.79 Å². The summed E-state index contributed by atoms with van der Waals surface area (Å²) in [7, 11) is 0. The van der Waals surface area contributed by atoms with Crippen molar-refractivity contribution >= 4 is 5.97 Å². The van der Waals surface area contributed by atoms with Gasteiger partial charge < -0.3 is 10.2 Å². The molecular formula is C18H32O3. The Kier molecular flexibility index (Phi) is 14.5. The van der Waals surface area contributed by atoms with E-state index < -0.39 is 12.1 Å². The Morgan fingerprint density at radius 3 is 2.33 bits per heavy atom. The maximum Gasteiger partial charge on any atom is 0.303 e. The summed E-state index contributed by atoms with van der Waals surface area (Å²) in [5, 5.41) is 18.1. The number of unbranched alkanes of at least 4 members (excludes halogenated alkanes) is 7. The topological polar surface area (TPSA) is 57.5 Å². The molecule has 0 aromatic rings. The van der Waals surface area contributed by atoms with Gasteiger partial charge in [0, 0.05) is 6.42 Å². The fraction of sp³-hybridized carbons (Fsp3) is 0.722. The minimum Gasteiger partial charge on any atom is -0.481 e. The lowest BCUT2D eigenvalue weighted by Crippen LogP contribution is -2.03. The van der Waals surface area contributed by atoms with E-state index in [0.29, 0.717) is 12.8 Å². The molecule has 0 saturated heterocycles. The van der Waals surface area contributed by atoms with Gasteiger partial charge in [0.05, 0.1) is 6.10 Å². The maximum atomic E-state index is 10.3. The van der Waals surface area contributed by atoms with Crippen LogP contribution >= 0.6 is 0 Å². The zero-order chi connectivity index (χ0) is 15.8. The molecule has 0 bridgehead atoms. The third-order valence-corrected chi connectivity index (χ3v) is 3.45. The molecule has 0 aliphatic rings. The zero-order valence-corrected chi connectivity index (χ0v) is 13.5. The first kappa shape index (κ1) is 19.9. The Morgan fingerprint density at radius 1 is 1.00 bits per heavy atom. The van der Waals surface area contributed by atoms with Gasteiger partial charge in [-0.2, -0.15) is 0 Å². The Bertz CT molecular complexity index is 295. The van der Waals surface area contributed by atoms with Crippen LogP contribution in [0, 0.1) is 0 Å². The van der Waals surface area contributed by atoms with Crippen molar-refractivity contribution in [3.8, 4) is 0 Å². The van der Waals surface area contributed by atoms with Crippen molar-refractivity contribution < 1.29 is 15.0 Å². The number of aliphatic carboxylic acids is 1. The predicted molar refractivity (Wildman–Crippen MR) is 88.4 cm³/mol. The van der Waals surface area contributed by atoms with Crippen LogP contribution in [0.1, 0.15) is 77.6 Å². The molecule has 0 aliphatic heterocycles. The number of carbonyl (C=O) groups is 1. The van der Waals surface area contributed by atoms with E-state index in [0.717, 1.165) is 6.42 Å². The van der Waals surface area contributed by atoms with Crippen molar-refractivity contribution in [1.82, 2.24) is 0 Å². The first-order valence-electron chi connectivity index (χ1n) is 8.40. The third kappa shape index (κ3) is 16.9. The van der Waals surface area contributed by atoms with Crippen molar-refractivity contribution in [3.63, 3.8) is 0 Å². The molecule has 0 aromatic carbocycles. The molecule has 0 radical (unpaired) electrons. The van der Waals surface area contributed by atoms with Gasteiger partial charge in [-0.3, -0.25) is 4.79 Å². The van der Waals surface area contributed by atoms with Crippen molar-refractivity contribution in [3.05, 3.63) is 24.3 Å². The quantitative estimate of drug-likeness (QED) is 0.355. The molecule has 1 atom stereocenters. The second-order valence-electron chi connectivity index (χ2n) is 5.58. The first-order chi connectivity index (χ1) is 10.2. The van der Waals surface area contributed by atoms with Crippen LogP contribution in [0.4, 0.5) is 0 Å². The Balaban J connectivity index is 3.40. The number of rotatable bonds is 14. The molecule has 3 heteroatoms. The van der Waals surface area contributed by atoms with Crippen LogP contribution in [0.5, 0.6) is 0 Å². The van der Waals surface area contributed by atoms with E-state index in [1.807, 2.05) is 12.2 Å². The van der Waals surface area contributed by atoms with E-state index in [1.165, 1.54) is 44.9 Å². The van der Waals surface area contributed by atoms with Gasteiger partial charge in [0.15, 0.2) is 0 Å². The largest absolute Gasteiger partial charge is 0.481 e. The van der Waals surface area contributed by atoms with Crippen LogP contribution < -0.4 is 0 Å². The highest BCUT2D eigenvalue weighted by molar-refractivity contribution is 5.66. The third-order valence-electron chi connectivity index (χ3n) is 3.45. The van der Waals surface area contributed by atoms with Crippen molar-refractivity contribution in [2.45, 2.75) is 83.7 Å². The number of carboxylic acids is 1. The Morgan fingerprint density at radius 2 is 1.67 bits per heavy atom. The van der Waals surface area contributed by atoms with Crippen molar-refractivity contribution in [2.24, 2.45) is 0 Å². The highest BCUT2D eigenvalue weighted by atomic mass is 16.4. The van der Waals surface area contributed by atoms with Crippen LogP contribution in [0.3, 0.4) is 0 Å². The van der Waals surface area contributed by atoms with Gasteiger partial charge in [0.25, 0.3) is 0 Å². The maximum absolute atomic E-state index is 10.3. The number of allylic oxidation sites excluding steroid dienone is 3. The molecule has 0 amide bonds. The molecule has 0 unspecified atom stereocenters. The van der Waals surface area contributed by atoms with Gasteiger partial charge in [-0.1, -0.05) is 69.8 Å². The summed E-state index contributed by atoms with van der Waals surface area (Å²) in [4.78, 5) is 10.3. The molecule has 0 heterocycles. The molecule has 0 saturated carbocycles. The molecule has 21 heavy (non-hydrogen) atoms. The number of hydrogen-bond donors (Lipinski definition) is 2. The molecule has 0 rings (SSSR count). The second-order valence-corrected chi connectivity index (χ2v) is 5.58. The van der Waals surface area contributed by atoms with E-state index in [2.05, 4.69) is 13.0 Å². The van der Waals surface area contributed by atoms with Crippen LogP contribution in [-0.4, -0.2) is 22.3 Å². The van der Waals surface area contributed by atoms with Gasteiger partial charge in [-0.05, 0) is 25.7 Å². The Labute approximate surface area is 129 Å². The van der Waals surface area contributed by atoms with Crippen LogP contribution in [0.2, 0.25) is 0 Å². The number of carboxylic acid groups (broad SMARTS) is 1. The van der Waals surface area contributed by atoms with E-state index in [-0.39, 0.29) is 6.42 Å². The standard InChI is InChI=1S/C18H32O3/c1-2-3-4-5-6-7-8-9-10-11-12-14-17(19)15-13-16-18(20)21/h10-12,14,17,19H,2-9,13,15-16H2,1H3,(H,20,21)/b11-10-,14-12+/t17-/m1/s1. The van der Waals surface area contributed by atoms with E-state index in [1.54, 1.807) is 6.08 Å². The summed E-state index contributed by atoms with van der Waals surface area (Å²) in [6, 6.07) is 0. The molecular weight excluding hydrogens is 264 g/mol. The smallest absolute Gasteiger partial charge is 0.303 e. The monoisotopic (exact) mass is 296 g/mol. The second kappa shape index (κ2) is 15.3. The summed E-state index contributed by atoms with van der Waals surface area (Å²) in [6.07, 6.45) is 18.7. The lowest BCUT2D eigenvalue weighted by molar-refractivity contribution is -0.137. The average Bonchev–Trinajstić information content (AvgIpc) is 2.44. The minimum absolute atomic E-state index is 0.124. The summed E-state index contributed by atoms with van der Waals surface area (Å²) < 4.78 is 0. The fourth-order valence-corrected chi connectivity index (χ4v) is 2.15. The molecule has 0 fully saturated rings. The number of aliphatic hydroxyl groups is 1. The predicted octanol–water partition coefficient (Wildman–Crippen LogP) is 4.86. The molecule has 2 N–H and O–H groups in total. The molecule has 0 aromatic heterocycles.